The summed E-state index contributed by atoms with van der Waals surface area (Å²) in [5, 5.41) is 3.62. The zero-order valence-corrected chi connectivity index (χ0v) is 12.9. The Morgan fingerprint density at radius 1 is 1.25 bits per heavy atom. The molecule has 1 N–H and O–H groups in total. The Morgan fingerprint density at radius 2 is 2.05 bits per heavy atom. The van der Waals surface area contributed by atoms with Gasteiger partial charge in [-0.15, -0.1) is 0 Å². The average Bonchev–Trinajstić information content (AvgIpc) is 3.27. The van der Waals surface area contributed by atoms with Crippen LogP contribution < -0.4 is 5.32 Å². The first kappa shape index (κ1) is 13.9. The van der Waals surface area contributed by atoms with Gasteiger partial charge < -0.3 is 10.2 Å². The van der Waals surface area contributed by atoms with Gasteiger partial charge in [0.2, 0.25) is 0 Å². The van der Waals surface area contributed by atoms with E-state index in [1.807, 2.05) is 0 Å². The Kier molecular flexibility index (Phi) is 4.30. The summed E-state index contributed by atoms with van der Waals surface area (Å²) in [6.07, 6.45) is 5.44. The summed E-state index contributed by atoms with van der Waals surface area (Å²) in [6, 6.07) is 9.68. The number of hydrogen-bond acceptors (Lipinski definition) is 2. The minimum Gasteiger partial charge on any atom is -0.384 e. The van der Waals surface area contributed by atoms with Crippen molar-refractivity contribution in [2.45, 2.75) is 45.6 Å². The Balaban J connectivity index is 1.57. The molecule has 1 atom stereocenters. The van der Waals surface area contributed by atoms with Gasteiger partial charge in [0.15, 0.2) is 0 Å². The highest BCUT2D eigenvalue weighted by Gasteiger charge is 2.31. The van der Waals surface area contributed by atoms with E-state index in [0.29, 0.717) is 0 Å². The van der Waals surface area contributed by atoms with E-state index in [1.54, 1.807) is 0 Å². The molecule has 0 saturated heterocycles. The fourth-order valence-corrected chi connectivity index (χ4v) is 3.26. The summed E-state index contributed by atoms with van der Waals surface area (Å²) in [7, 11) is 0. The van der Waals surface area contributed by atoms with E-state index in [4.69, 9.17) is 0 Å². The summed E-state index contributed by atoms with van der Waals surface area (Å²) >= 11 is 0. The van der Waals surface area contributed by atoms with Crippen molar-refractivity contribution >= 4 is 5.69 Å². The number of hydrogen-bond donors (Lipinski definition) is 1. The molecule has 0 spiro atoms. The molecule has 1 aromatic rings. The van der Waals surface area contributed by atoms with E-state index < -0.39 is 0 Å². The van der Waals surface area contributed by atoms with Crippen molar-refractivity contribution in [1.82, 2.24) is 4.90 Å². The number of nitrogens with one attached hydrogen (secondary N) is 1. The molecule has 1 aliphatic heterocycles. The van der Waals surface area contributed by atoms with Crippen LogP contribution in [0.25, 0.3) is 0 Å². The summed E-state index contributed by atoms with van der Waals surface area (Å²) < 4.78 is 0. The fourth-order valence-electron chi connectivity index (χ4n) is 3.26. The highest BCUT2D eigenvalue weighted by atomic mass is 15.2. The second-order valence-corrected chi connectivity index (χ2v) is 7.02. The summed E-state index contributed by atoms with van der Waals surface area (Å²) in [5.74, 6) is 1.60. The molecule has 2 heteroatoms. The molecule has 2 aliphatic rings. The van der Waals surface area contributed by atoms with Crippen molar-refractivity contribution in [3.63, 3.8) is 0 Å². The average molecular weight is 272 g/mol. The van der Waals surface area contributed by atoms with Crippen LogP contribution in [0.4, 0.5) is 5.69 Å². The van der Waals surface area contributed by atoms with Crippen LogP contribution in [0.3, 0.4) is 0 Å². The zero-order valence-electron chi connectivity index (χ0n) is 12.9. The van der Waals surface area contributed by atoms with E-state index in [2.05, 4.69) is 48.3 Å². The highest BCUT2D eigenvalue weighted by Crippen LogP contribution is 2.30. The number of benzene rings is 1. The van der Waals surface area contributed by atoms with Gasteiger partial charge in [0.05, 0.1) is 0 Å². The van der Waals surface area contributed by atoms with Crippen LogP contribution in [0.1, 0.15) is 38.7 Å². The van der Waals surface area contributed by atoms with Crippen LogP contribution in [0.5, 0.6) is 0 Å². The van der Waals surface area contributed by atoms with Gasteiger partial charge in [0.25, 0.3) is 0 Å². The van der Waals surface area contributed by atoms with Crippen molar-refractivity contribution in [3.8, 4) is 0 Å². The largest absolute Gasteiger partial charge is 0.384 e. The standard InChI is InChI=1S/C18H28N2/c1-14(2)9-10-20(17-7-8-17)13-15-11-16-5-3-4-6-18(16)19-12-15/h3-6,14-15,17,19H,7-13H2,1-2H3. The molecule has 1 fully saturated rings. The smallest absolute Gasteiger partial charge is 0.0372 e. The third-order valence-corrected chi connectivity index (χ3v) is 4.66. The molecule has 0 aromatic heterocycles. The van der Waals surface area contributed by atoms with Crippen LogP contribution in [0, 0.1) is 11.8 Å². The number of anilines is 1. The van der Waals surface area contributed by atoms with Crippen molar-refractivity contribution < 1.29 is 0 Å². The second kappa shape index (κ2) is 6.17. The lowest BCUT2D eigenvalue weighted by atomic mass is 9.93. The minimum absolute atomic E-state index is 0.776. The van der Waals surface area contributed by atoms with E-state index in [9.17, 15) is 0 Å². The fraction of sp³-hybridized carbons (Fsp3) is 0.667. The maximum Gasteiger partial charge on any atom is 0.0372 e. The van der Waals surface area contributed by atoms with Gasteiger partial charge in [-0.05, 0) is 55.7 Å². The molecule has 1 aliphatic carbocycles. The van der Waals surface area contributed by atoms with Crippen LogP contribution in [-0.2, 0) is 6.42 Å². The van der Waals surface area contributed by atoms with Crippen LogP contribution in [0.15, 0.2) is 24.3 Å². The Bertz CT molecular complexity index is 437. The molecule has 1 heterocycles. The molecular formula is C18H28N2. The van der Waals surface area contributed by atoms with Crippen molar-refractivity contribution in [3.05, 3.63) is 29.8 Å². The number of nitrogens with zero attached hydrogens (tertiary/aromatic N) is 1. The molecule has 1 unspecified atom stereocenters. The lowest BCUT2D eigenvalue weighted by Gasteiger charge is -2.32. The van der Waals surface area contributed by atoms with Gasteiger partial charge in [0, 0.05) is 24.8 Å². The van der Waals surface area contributed by atoms with E-state index >= 15 is 0 Å². The maximum atomic E-state index is 3.62. The maximum absolute atomic E-state index is 3.62. The molecule has 1 aromatic carbocycles. The second-order valence-electron chi connectivity index (χ2n) is 7.02. The number of para-hydroxylation sites is 1. The lowest BCUT2D eigenvalue weighted by Crippen LogP contribution is -2.38. The number of fused-ring (bicyclic) bond motifs is 1. The predicted octanol–water partition coefficient (Wildman–Crippen LogP) is 3.78. The third-order valence-electron chi connectivity index (χ3n) is 4.66. The topological polar surface area (TPSA) is 15.3 Å². The SMILES string of the molecule is CC(C)CCN(CC1CNc2ccccc2C1)C1CC1. The van der Waals surface area contributed by atoms with Gasteiger partial charge in [-0.1, -0.05) is 32.0 Å². The zero-order chi connectivity index (χ0) is 13.9. The Hall–Kier alpha value is -1.02. The summed E-state index contributed by atoms with van der Waals surface area (Å²) in [5.41, 5.74) is 2.85. The molecule has 110 valence electrons. The first-order valence-electron chi connectivity index (χ1n) is 8.28. The number of rotatable bonds is 6. The quantitative estimate of drug-likeness (QED) is 0.848. The minimum atomic E-state index is 0.776. The lowest BCUT2D eigenvalue weighted by molar-refractivity contribution is 0.211. The van der Waals surface area contributed by atoms with E-state index in [-0.39, 0.29) is 0 Å². The molecule has 0 amide bonds. The molecular weight excluding hydrogens is 244 g/mol. The summed E-state index contributed by atoms with van der Waals surface area (Å²) in [4.78, 5) is 2.76. The molecule has 3 rings (SSSR count). The van der Waals surface area contributed by atoms with Gasteiger partial charge >= 0.3 is 0 Å². The van der Waals surface area contributed by atoms with Crippen molar-refractivity contribution in [2.75, 3.05) is 25.0 Å². The molecule has 0 bridgehead atoms. The van der Waals surface area contributed by atoms with E-state index in [1.165, 1.54) is 50.0 Å². The van der Waals surface area contributed by atoms with Gasteiger partial charge in [0.1, 0.15) is 0 Å². The van der Waals surface area contributed by atoms with Gasteiger partial charge in [-0.25, -0.2) is 0 Å². The first-order valence-corrected chi connectivity index (χ1v) is 8.28. The third kappa shape index (κ3) is 3.54. The highest BCUT2D eigenvalue weighted by molar-refractivity contribution is 5.53. The molecule has 2 nitrogen and oxygen atoms in total. The van der Waals surface area contributed by atoms with Gasteiger partial charge in [-0.3, -0.25) is 0 Å². The summed E-state index contributed by atoms with van der Waals surface area (Å²) in [6.45, 7) is 8.38. The van der Waals surface area contributed by atoms with Crippen molar-refractivity contribution in [2.24, 2.45) is 11.8 Å². The first-order chi connectivity index (χ1) is 9.72. The normalized spacial score (nSPS) is 21.9. The Labute approximate surface area is 123 Å². The van der Waals surface area contributed by atoms with Gasteiger partial charge in [-0.2, -0.15) is 0 Å². The van der Waals surface area contributed by atoms with Crippen molar-refractivity contribution in [1.29, 1.82) is 0 Å². The van der Waals surface area contributed by atoms with Crippen LogP contribution in [0.2, 0.25) is 0 Å². The Morgan fingerprint density at radius 3 is 2.80 bits per heavy atom. The monoisotopic (exact) mass is 272 g/mol. The molecule has 0 radical (unpaired) electrons. The molecule has 1 saturated carbocycles. The van der Waals surface area contributed by atoms with Crippen LogP contribution >= 0.6 is 0 Å². The predicted molar refractivity (Wildman–Crippen MR) is 86.2 cm³/mol. The van der Waals surface area contributed by atoms with Crippen LogP contribution in [-0.4, -0.2) is 30.6 Å². The van der Waals surface area contributed by atoms with E-state index in [0.717, 1.165) is 24.4 Å². The molecule has 20 heavy (non-hydrogen) atoms.